The lowest BCUT2D eigenvalue weighted by Gasteiger charge is -2.06. The van der Waals surface area contributed by atoms with Crippen LogP contribution in [0.4, 0.5) is 0 Å². The predicted molar refractivity (Wildman–Crippen MR) is 134 cm³/mol. The van der Waals surface area contributed by atoms with E-state index in [9.17, 15) is 9.59 Å². The number of nitrogens with zero attached hydrogens (tertiary/aromatic N) is 1. The molecule has 2 heterocycles. The number of thiophene rings is 1. The highest BCUT2D eigenvalue weighted by atomic mass is 79.9. The van der Waals surface area contributed by atoms with Gasteiger partial charge in [0, 0.05) is 27.9 Å². The molecule has 0 unspecified atom stereocenters. The van der Waals surface area contributed by atoms with Gasteiger partial charge < -0.3 is 4.74 Å². The number of hydrogen-bond acceptors (Lipinski definition) is 5. The van der Waals surface area contributed by atoms with Crippen molar-refractivity contribution in [3.8, 4) is 5.69 Å². The zero-order valence-corrected chi connectivity index (χ0v) is 21.5. The molecule has 2 aromatic heterocycles. The Morgan fingerprint density at radius 3 is 2.41 bits per heavy atom. The maximum absolute atomic E-state index is 13.5. The van der Waals surface area contributed by atoms with Gasteiger partial charge in [-0.1, -0.05) is 28.1 Å². The summed E-state index contributed by atoms with van der Waals surface area (Å²) in [4.78, 5) is 26.6. The summed E-state index contributed by atoms with van der Waals surface area (Å²) in [6.45, 7) is 10.1. The van der Waals surface area contributed by atoms with Crippen molar-refractivity contribution in [1.82, 2.24) is 0 Å². The second-order valence-corrected chi connectivity index (χ2v) is 10.6. The van der Waals surface area contributed by atoms with Crippen LogP contribution in [-0.2, 0) is 16.0 Å². The number of aromatic nitrogens is 1. The molecule has 0 N–H and O–H groups in total. The molecule has 166 valence electrons. The number of carbonyl (C=O) groups excluding carboxylic acids is 2. The number of esters is 1. The van der Waals surface area contributed by atoms with Crippen LogP contribution in [0.3, 0.4) is 0 Å². The zero-order chi connectivity index (χ0) is 23.3. The highest BCUT2D eigenvalue weighted by Gasteiger charge is 2.31. The lowest BCUT2D eigenvalue weighted by Crippen LogP contribution is -2.31. The minimum atomic E-state index is -0.347. The van der Waals surface area contributed by atoms with Crippen LogP contribution in [0.1, 0.15) is 40.2 Å². The molecule has 0 aliphatic rings. The van der Waals surface area contributed by atoms with Crippen LogP contribution in [0.15, 0.2) is 69.6 Å². The molecule has 0 radical (unpaired) electrons. The Bertz CT molecular complexity index is 1140. The average Bonchev–Trinajstić information content (AvgIpc) is 3.11. The number of carbonyl (C=O) groups is 2. The summed E-state index contributed by atoms with van der Waals surface area (Å²) in [5.41, 5.74) is 4.30. The summed E-state index contributed by atoms with van der Waals surface area (Å²) in [6.07, 6.45) is 3.96. The molecule has 0 saturated heterocycles. The van der Waals surface area contributed by atoms with E-state index in [1.807, 2.05) is 55.1 Å². The first-order valence-corrected chi connectivity index (χ1v) is 12.8. The summed E-state index contributed by atoms with van der Waals surface area (Å²) in [5, 5.41) is 0. The van der Waals surface area contributed by atoms with Gasteiger partial charge in [0.25, 0.3) is 0 Å². The number of benzene rings is 1. The van der Waals surface area contributed by atoms with Crippen LogP contribution < -0.4 is 4.57 Å². The summed E-state index contributed by atoms with van der Waals surface area (Å²) >= 11 is 6.47. The van der Waals surface area contributed by atoms with Crippen LogP contribution in [0.25, 0.3) is 5.69 Å². The normalized spacial score (nSPS) is 10.8. The lowest BCUT2D eigenvalue weighted by molar-refractivity contribution is -0.598. The van der Waals surface area contributed by atoms with Crippen LogP contribution in [-0.4, -0.2) is 24.1 Å². The van der Waals surface area contributed by atoms with E-state index >= 15 is 0 Å². The first-order chi connectivity index (χ1) is 15.3. The maximum atomic E-state index is 13.5. The molecule has 0 saturated carbocycles. The second kappa shape index (κ2) is 11.1. The Balaban J connectivity index is 2.19. The standard InChI is InChI=1S/C25H25BrNO3S2/c1-5-30-21(28)14-20-22(27-12-10-17(4)11-13-27)25(31-15-16(2)3)32-24(20)23(29)18-6-8-19(26)9-7-18/h6-13H,2,5,14-15H2,1,3-4H3/q+1. The molecule has 0 atom stereocenters. The number of ketones is 1. The van der Waals surface area contributed by atoms with Crippen molar-refractivity contribution in [3.05, 3.63) is 87.0 Å². The van der Waals surface area contributed by atoms with Gasteiger partial charge in [0.2, 0.25) is 11.5 Å². The lowest BCUT2D eigenvalue weighted by atomic mass is 10.0. The fourth-order valence-electron chi connectivity index (χ4n) is 3.07. The van der Waals surface area contributed by atoms with E-state index < -0.39 is 0 Å². The largest absolute Gasteiger partial charge is 0.466 e. The number of aryl methyl sites for hydroxylation is 1. The van der Waals surface area contributed by atoms with Crippen LogP contribution >= 0.6 is 39.0 Å². The molecule has 3 aromatic rings. The van der Waals surface area contributed by atoms with Crippen molar-refractivity contribution in [2.75, 3.05) is 12.4 Å². The third-order valence-electron chi connectivity index (χ3n) is 4.59. The monoisotopic (exact) mass is 530 g/mol. The van der Waals surface area contributed by atoms with Crippen molar-refractivity contribution in [3.63, 3.8) is 0 Å². The van der Waals surface area contributed by atoms with Crippen molar-refractivity contribution < 1.29 is 18.9 Å². The number of rotatable bonds is 9. The number of pyridine rings is 1. The molecule has 3 rings (SSSR count). The highest BCUT2D eigenvalue weighted by molar-refractivity contribution is 9.10. The molecule has 0 amide bonds. The van der Waals surface area contributed by atoms with Gasteiger partial charge in [-0.2, -0.15) is 4.57 Å². The van der Waals surface area contributed by atoms with Gasteiger partial charge in [-0.15, -0.1) is 23.1 Å². The maximum Gasteiger partial charge on any atom is 0.310 e. The quantitative estimate of drug-likeness (QED) is 0.110. The first kappa shape index (κ1) is 24.4. The van der Waals surface area contributed by atoms with Crippen LogP contribution in [0.2, 0.25) is 0 Å². The van der Waals surface area contributed by atoms with E-state index in [2.05, 4.69) is 22.5 Å². The summed E-state index contributed by atoms with van der Waals surface area (Å²) in [5.74, 6) is 0.281. The van der Waals surface area contributed by atoms with Gasteiger partial charge in [-0.05, 0) is 50.6 Å². The smallest absolute Gasteiger partial charge is 0.310 e. The zero-order valence-electron chi connectivity index (χ0n) is 18.3. The molecular formula is C25H25BrNO3S2+. The van der Waals surface area contributed by atoms with Crippen molar-refractivity contribution in [2.45, 2.75) is 31.4 Å². The molecule has 0 fully saturated rings. The molecule has 1 aromatic carbocycles. The minimum absolute atomic E-state index is 0.0335. The molecule has 0 aliphatic heterocycles. The van der Waals surface area contributed by atoms with Gasteiger partial charge in [-0.25, -0.2) is 0 Å². The first-order valence-electron chi connectivity index (χ1n) is 10.2. The van der Waals surface area contributed by atoms with Gasteiger partial charge in [0.15, 0.2) is 12.4 Å². The van der Waals surface area contributed by atoms with E-state index in [0.717, 1.165) is 31.3 Å². The molecule has 32 heavy (non-hydrogen) atoms. The predicted octanol–water partition coefficient (Wildman–Crippen LogP) is 6.10. The Morgan fingerprint density at radius 1 is 1.16 bits per heavy atom. The average molecular weight is 532 g/mol. The summed E-state index contributed by atoms with van der Waals surface area (Å²) in [6, 6.07) is 11.3. The Labute approximate surface area is 205 Å². The molecular weight excluding hydrogens is 506 g/mol. The SMILES string of the molecule is C=C(C)CSc1sc(C(=O)c2ccc(Br)cc2)c(CC(=O)OCC)c1-[n+]1ccc(C)cc1. The van der Waals surface area contributed by atoms with E-state index in [0.29, 0.717) is 22.6 Å². The van der Waals surface area contributed by atoms with Gasteiger partial charge in [0.05, 0.1) is 23.5 Å². The van der Waals surface area contributed by atoms with Crippen LogP contribution in [0.5, 0.6) is 0 Å². The van der Waals surface area contributed by atoms with Crippen LogP contribution in [0, 0.1) is 6.92 Å². The van der Waals surface area contributed by atoms with Gasteiger partial charge in [-0.3, -0.25) is 9.59 Å². The summed E-state index contributed by atoms with van der Waals surface area (Å²) in [7, 11) is 0. The highest BCUT2D eigenvalue weighted by Crippen LogP contribution is 2.39. The molecule has 0 bridgehead atoms. The van der Waals surface area contributed by atoms with E-state index in [1.54, 1.807) is 30.8 Å². The van der Waals surface area contributed by atoms with E-state index in [-0.39, 0.29) is 18.2 Å². The van der Waals surface area contributed by atoms with Gasteiger partial charge in [0.1, 0.15) is 4.21 Å². The van der Waals surface area contributed by atoms with Gasteiger partial charge >= 0.3 is 5.97 Å². The summed E-state index contributed by atoms with van der Waals surface area (Å²) < 4.78 is 9.10. The number of ether oxygens (including phenoxy) is 1. The fraction of sp³-hybridized carbons (Fsp3) is 0.240. The Kier molecular flexibility index (Phi) is 8.45. The fourth-order valence-corrected chi connectivity index (χ4v) is 5.75. The topological polar surface area (TPSA) is 47.3 Å². The third-order valence-corrected chi connectivity index (χ3v) is 7.83. The number of hydrogen-bond donors (Lipinski definition) is 0. The van der Waals surface area contributed by atoms with Crippen molar-refractivity contribution >= 4 is 50.8 Å². The van der Waals surface area contributed by atoms with Crippen molar-refractivity contribution in [2.24, 2.45) is 0 Å². The molecule has 0 spiro atoms. The molecule has 7 heteroatoms. The Hall–Kier alpha value is -2.22. The third kappa shape index (κ3) is 5.97. The Morgan fingerprint density at radius 2 is 1.81 bits per heavy atom. The van der Waals surface area contributed by atoms with Crippen molar-refractivity contribution in [1.29, 1.82) is 0 Å². The molecule has 4 nitrogen and oxygen atoms in total. The van der Waals surface area contributed by atoms with E-state index in [1.165, 1.54) is 11.3 Å². The molecule has 0 aliphatic carbocycles. The second-order valence-electron chi connectivity index (χ2n) is 7.39. The minimum Gasteiger partial charge on any atom is -0.466 e. The van der Waals surface area contributed by atoms with E-state index in [4.69, 9.17) is 4.74 Å². The number of halogens is 1. The number of thioether (sulfide) groups is 1.